The second-order valence-electron chi connectivity index (χ2n) is 22.9. The maximum atomic E-state index is 6.90. The molecule has 0 aromatic heterocycles. The van der Waals surface area contributed by atoms with E-state index in [0.29, 0.717) is 11.8 Å². The summed E-state index contributed by atoms with van der Waals surface area (Å²) in [6.45, 7) is 18.2. The molecule has 1 aliphatic rings. The standard InChI is InChI=1S/C75H88N2O/c1-9-13-15-17-19-21-51-75(52-22-20-18-16-14-10-2)73-53-56(6)25-49-71(73)72-50-48-70(54-74(72)75)78-69-46-44-68(45-47-69)77(65-38-28-60(29-39-65)58(8)12-4)67-42-32-62(33-43-67)61-30-40-66(41-31-61)76(63-34-23-55(5)24-35-63)64-36-26-59(27-37-64)57(7)11-3/h23-50,53-54,57-58H,9-22,51-52H2,1-8H3. The average Bonchev–Trinajstić information content (AvgIpc) is 4.02. The molecule has 2 unspecified atom stereocenters. The van der Waals surface area contributed by atoms with Crippen molar-refractivity contribution in [3.05, 3.63) is 215 Å². The van der Waals surface area contributed by atoms with Gasteiger partial charge in [0.15, 0.2) is 0 Å². The van der Waals surface area contributed by atoms with Gasteiger partial charge in [-0.3, -0.25) is 0 Å². The van der Waals surface area contributed by atoms with Gasteiger partial charge in [-0.05, 0) is 193 Å². The van der Waals surface area contributed by atoms with Gasteiger partial charge in [-0.25, -0.2) is 0 Å². The van der Waals surface area contributed by atoms with Gasteiger partial charge in [0.2, 0.25) is 0 Å². The number of hydrogen-bond donors (Lipinski definition) is 0. The maximum Gasteiger partial charge on any atom is 0.127 e. The molecule has 0 aliphatic heterocycles. The lowest BCUT2D eigenvalue weighted by molar-refractivity contribution is 0.395. The van der Waals surface area contributed by atoms with Crippen LogP contribution >= 0.6 is 0 Å². The predicted octanol–water partition coefficient (Wildman–Crippen LogP) is 23.5. The summed E-state index contributed by atoms with van der Waals surface area (Å²) in [7, 11) is 0. The van der Waals surface area contributed by atoms with Crippen LogP contribution < -0.4 is 14.5 Å². The van der Waals surface area contributed by atoms with Crippen molar-refractivity contribution in [1.29, 1.82) is 0 Å². The molecule has 1 aliphatic carbocycles. The summed E-state index contributed by atoms with van der Waals surface area (Å²) >= 11 is 0. The molecule has 0 spiro atoms. The summed E-state index contributed by atoms with van der Waals surface area (Å²) in [4.78, 5) is 4.73. The van der Waals surface area contributed by atoms with E-state index in [1.54, 1.807) is 5.56 Å². The lowest BCUT2D eigenvalue weighted by Gasteiger charge is -2.33. The highest BCUT2D eigenvalue weighted by Gasteiger charge is 2.42. The largest absolute Gasteiger partial charge is 0.457 e. The number of nitrogens with zero attached hydrogens (tertiary/aromatic N) is 2. The first kappa shape index (κ1) is 55.9. The third kappa shape index (κ3) is 13.0. The van der Waals surface area contributed by atoms with E-state index in [1.165, 1.54) is 140 Å². The quantitative estimate of drug-likeness (QED) is 0.0478. The molecule has 404 valence electrons. The minimum Gasteiger partial charge on any atom is -0.457 e. The summed E-state index contributed by atoms with van der Waals surface area (Å²) in [5.41, 5.74) is 20.3. The summed E-state index contributed by atoms with van der Waals surface area (Å²) in [6.07, 6.45) is 20.4. The molecule has 0 bridgehead atoms. The molecular weight excluding hydrogens is 945 g/mol. The lowest BCUT2D eigenvalue weighted by Crippen LogP contribution is -2.25. The van der Waals surface area contributed by atoms with Crippen molar-refractivity contribution >= 4 is 34.1 Å². The van der Waals surface area contributed by atoms with Crippen molar-refractivity contribution in [3.63, 3.8) is 0 Å². The van der Waals surface area contributed by atoms with Gasteiger partial charge in [-0.1, -0.05) is 215 Å². The van der Waals surface area contributed by atoms with Crippen molar-refractivity contribution in [2.24, 2.45) is 0 Å². The molecule has 0 N–H and O–H groups in total. The molecule has 3 heteroatoms. The Morgan fingerprint density at radius 2 is 0.705 bits per heavy atom. The monoisotopic (exact) mass is 1030 g/mol. The van der Waals surface area contributed by atoms with Gasteiger partial charge in [-0.2, -0.15) is 0 Å². The summed E-state index contributed by atoms with van der Waals surface area (Å²) in [5, 5.41) is 0. The van der Waals surface area contributed by atoms with Crippen molar-refractivity contribution in [2.45, 2.75) is 175 Å². The fourth-order valence-electron chi connectivity index (χ4n) is 12.1. The third-order valence-electron chi connectivity index (χ3n) is 17.3. The van der Waals surface area contributed by atoms with E-state index in [4.69, 9.17) is 4.74 Å². The van der Waals surface area contributed by atoms with Crippen molar-refractivity contribution in [3.8, 4) is 33.8 Å². The fraction of sp³-hybridized carbons (Fsp3) is 0.360. The highest BCUT2D eigenvalue weighted by atomic mass is 16.5. The van der Waals surface area contributed by atoms with Crippen LogP contribution in [0, 0.1) is 13.8 Å². The predicted molar refractivity (Wildman–Crippen MR) is 337 cm³/mol. The number of anilines is 6. The molecule has 0 saturated heterocycles. The van der Waals surface area contributed by atoms with E-state index in [2.05, 4.69) is 247 Å². The molecule has 0 saturated carbocycles. The van der Waals surface area contributed by atoms with Crippen molar-refractivity contribution in [1.82, 2.24) is 0 Å². The van der Waals surface area contributed by atoms with Crippen LogP contribution in [0.4, 0.5) is 34.1 Å². The molecular formula is C75H88N2O. The Balaban J connectivity index is 0.983. The van der Waals surface area contributed by atoms with Crippen molar-refractivity contribution in [2.75, 3.05) is 9.80 Å². The average molecular weight is 1030 g/mol. The van der Waals surface area contributed by atoms with Crippen LogP contribution in [-0.2, 0) is 5.41 Å². The zero-order valence-electron chi connectivity index (χ0n) is 48.6. The number of aryl methyl sites for hydroxylation is 2. The molecule has 2 atom stereocenters. The van der Waals surface area contributed by atoms with E-state index in [1.807, 2.05) is 0 Å². The van der Waals surface area contributed by atoms with Crippen LogP contribution in [0.25, 0.3) is 22.3 Å². The lowest BCUT2D eigenvalue weighted by atomic mass is 9.70. The van der Waals surface area contributed by atoms with Crippen LogP contribution in [-0.4, -0.2) is 0 Å². The van der Waals surface area contributed by atoms with E-state index in [9.17, 15) is 0 Å². The van der Waals surface area contributed by atoms with Gasteiger partial charge in [0.25, 0.3) is 0 Å². The SMILES string of the molecule is CCCCCCCCC1(CCCCCCCC)c2cc(C)ccc2-c2ccc(Oc3ccc(N(c4ccc(-c5ccc(N(c6ccc(C)cc6)c6ccc(C(C)CC)cc6)cc5)cc4)c4ccc(C(C)CC)cc4)cc3)cc21. The van der Waals surface area contributed by atoms with E-state index >= 15 is 0 Å². The van der Waals surface area contributed by atoms with Gasteiger partial charge in [0, 0.05) is 39.5 Å². The van der Waals surface area contributed by atoms with Crippen LogP contribution in [0.3, 0.4) is 0 Å². The Kier molecular flexibility index (Phi) is 19.1. The molecule has 3 nitrogen and oxygen atoms in total. The molecule has 8 aromatic rings. The fourth-order valence-corrected chi connectivity index (χ4v) is 12.1. The van der Waals surface area contributed by atoms with E-state index in [0.717, 1.165) is 58.5 Å². The Bertz CT molecular complexity index is 3100. The molecule has 8 aromatic carbocycles. The Hall–Kier alpha value is -6.84. The normalized spacial score (nSPS) is 13.2. The Labute approximate surface area is 470 Å². The number of rotatable bonds is 27. The third-order valence-corrected chi connectivity index (χ3v) is 17.3. The molecule has 9 rings (SSSR count). The summed E-state index contributed by atoms with van der Waals surface area (Å²) < 4.78 is 6.90. The topological polar surface area (TPSA) is 15.7 Å². The Morgan fingerprint density at radius 1 is 0.359 bits per heavy atom. The van der Waals surface area contributed by atoms with Crippen LogP contribution in [0.1, 0.15) is 189 Å². The van der Waals surface area contributed by atoms with Crippen molar-refractivity contribution < 1.29 is 4.74 Å². The second-order valence-corrected chi connectivity index (χ2v) is 22.9. The molecule has 0 heterocycles. The number of fused-ring (bicyclic) bond motifs is 3. The second kappa shape index (κ2) is 26.7. The van der Waals surface area contributed by atoms with Crippen LogP contribution in [0.15, 0.2) is 182 Å². The van der Waals surface area contributed by atoms with Crippen LogP contribution in [0.5, 0.6) is 11.5 Å². The maximum absolute atomic E-state index is 6.90. The number of ether oxygens (including phenoxy) is 1. The Morgan fingerprint density at radius 3 is 1.14 bits per heavy atom. The van der Waals surface area contributed by atoms with Gasteiger partial charge in [0.1, 0.15) is 11.5 Å². The van der Waals surface area contributed by atoms with Gasteiger partial charge in [-0.15, -0.1) is 0 Å². The highest BCUT2D eigenvalue weighted by molar-refractivity contribution is 5.83. The minimum atomic E-state index is 0.00240. The molecule has 0 radical (unpaired) electrons. The van der Waals surface area contributed by atoms with Gasteiger partial charge >= 0.3 is 0 Å². The molecule has 78 heavy (non-hydrogen) atoms. The van der Waals surface area contributed by atoms with Crippen LogP contribution in [0.2, 0.25) is 0 Å². The highest BCUT2D eigenvalue weighted by Crippen LogP contribution is 2.55. The smallest absolute Gasteiger partial charge is 0.127 e. The number of hydrogen-bond acceptors (Lipinski definition) is 3. The zero-order valence-corrected chi connectivity index (χ0v) is 48.6. The minimum absolute atomic E-state index is 0.00240. The molecule has 0 fully saturated rings. The first-order chi connectivity index (χ1) is 38.1. The first-order valence-corrected chi connectivity index (χ1v) is 30.2. The first-order valence-electron chi connectivity index (χ1n) is 30.2. The zero-order chi connectivity index (χ0) is 54.4. The number of unbranched alkanes of at least 4 members (excludes halogenated alkanes) is 10. The number of benzene rings is 8. The van der Waals surface area contributed by atoms with Gasteiger partial charge < -0.3 is 14.5 Å². The summed E-state index contributed by atoms with van der Waals surface area (Å²) in [6, 6.07) is 68.2. The molecule has 0 amide bonds. The van der Waals surface area contributed by atoms with E-state index in [-0.39, 0.29) is 5.41 Å². The van der Waals surface area contributed by atoms with E-state index < -0.39 is 0 Å². The summed E-state index contributed by atoms with van der Waals surface area (Å²) in [5.74, 6) is 2.80. The van der Waals surface area contributed by atoms with Gasteiger partial charge in [0.05, 0.1) is 0 Å².